The fraction of sp³-hybridized carbons (Fsp3) is 0.667. The van der Waals surface area contributed by atoms with E-state index in [0.29, 0.717) is 19.5 Å². The fourth-order valence-corrected chi connectivity index (χ4v) is 2.16. The second kappa shape index (κ2) is 8.05. The van der Waals surface area contributed by atoms with Crippen LogP contribution in [0.4, 0.5) is 4.79 Å². The van der Waals surface area contributed by atoms with Crippen molar-refractivity contribution in [1.29, 1.82) is 0 Å². The fourth-order valence-electron chi connectivity index (χ4n) is 1.42. The van der Waals surface area contributed by atoms with E-state index < -0.39 is 0 Å². The first-order valence-corrected chi connectivity index (χ1v) is 7.09. The summed E-state index contributed by atoms with van der Waals surface area (Å²) in [4.78, 5) is 15.9. The van der Waals surface area contributed by atoms with Crippen molar-refractivity contribution in [3.8, 4) is 0 Å². The number of hydrogen-bond acceptors (Lipinski definition) is 4. The SMILES string of the molecule is CCc1nc(CNC(=O)NCC(C)CCO)cs1. The average Bonchev–Trinajstić information content (AvgIpc) is 2.82. The second-order valence-electron chi connectivity index (χ2n) is 4.27. The van der Waals surface area contributed by atoms with E-state index in [1.165, 1.54) is 0 Å². The second-order valence-corrected chi connectivity index (χ2v) is 5.21. The van der Waals surface area contributed by atoms with Crippen molar-refractivity contribution < 1.29 is 9.90 Å². The molecule has 1 rings (SSSR count). The molecule has 0 saturated carbocycles. The van der Waals surface area contributed by atoms with E-state index in [4.69, 9.17) is 5.11 Å². The molecule has 1 heterocycles. The zero-order valence-electron chi connectivity index (χ0n) is 10.9. The Morgan fingerprint density at radius 1 is 1.56 bits per heavy atom. The standard InChI is InChI=1S/C12H21N3O2S/c1-3-11-15-10(8-18-11)7-14-12(17)13-6-9(2)4-5-16/h8-9,16H,3-7H2,1-2H3,(H2,13,14,17). The van der Waals surface area contributed by atoms with Crippen molar-refractivity contribution in [2.75, 3.05) is 13.2 Å². The van der Waals surface area contributed by atoms with Crippen LogP contribution in [0.5, 0.6) is 0 Å². The van der Waals surface area contributed by atoms with Crippen LogP contribution in [0.2, 0.25) is 0 Å². The molecule has 0 fully saturated rings. The van der Waals surface area contributed by atoms with Crippen LogP contribution >= 0.6 is 11.3 Å². The summed E-state index contributed by atoms with van der Waals surface area (Å²) < 4.78 is 0. The number of hydrogen-bond donors (Lipinski definition) is 3. The smallest absolute Gasteiger partial charge is 0.315 e. The van der Waals surface area contributed by atoms with Gasteiger partial charge < -0.3 is 15.7 Å². The molecule has 102 valence electrons. The number of nitrogens with one attached hydrogen (secondary N) is 2. The van der Waals surface area contributed by atoms with Gasteiger partial charge in [-0.2, -0.15) is 0 Å². The number of rotatable bonds is 7. The Kier molecular flexibility index (Phi) is 6.67. The molecular weight excluding hydrogens is 250 g/mol. The number of aliphatic hydroxyl groups is 1. The zero-order valence-corrected chi connectivity index (χ0v) is 11.7. The van der Waals surface area contributed by atoms with Crippen LogP contribution in [0.15, 0.2) is 5.38 Å². The first-order valence-electron chi connectivity index (χ1n) is 6.21. The van der Waals surface area contributed by atoms with Gasteiger partial charge >= 0.3 is 6.03 Å². The highest BCUT2D eigenvalue weighted by Crippen LogP contribution is 2.09. The number of aromatic nitrogens is 1. The van der Waals surface area contributed by atoms with E-state index in [1.807, 2.05) is 12.3 Å². The summed E-state index contributed by atoms with van der Waals surface area (Å²) in [6.07, 6.45) is 1.63. The van der Waals surface area contributed by atoms with Crippen LogP contribution in [0.25, 0.3) is 0 Å². The van der Waals surface area contributed by atoms with E-state index >= 15 is 0 Å². The minimum atomic E-state index is -0.189. The molecule has 0 aromatic carbocycles. The van der Waals surface area contributed by atoms with Gasteiger partial charge in [0.1, 0.15) is 0 Å². The van der Waals surface area contributed by atoms with Crippen molar-refractivity contribution in [2.45, 2.75) is 33.2 Å². The molecule has 2 amide bonds. The summed E-state index contributed by atoms with van der Waals surface area (Å²) in [5.74, 6) is 0.284. The van der Waals surface area contributed by atoms with E-state index in [1.54, 1.807) is 11.3 Å². The number of carbonyl (C=O) groups excluding carboxylic acids is 1. The van der Waals surface area contributed by atoms with Crippen LogP contribution < -0.4 is 10.6 Å². The lowest BCUT2D eigenvalue weighted by molar-refractivity contribution is 0.233. The minimum absolute atomic E-state index is 0.156. The van der Waals surface area contributed by atoms with Gasteiger partial charge in [0.05, 0.1) is 17.2 Å². The Balaban J connectivity index is 2.20. The molecule has 0 aliphatic heterocycles. The maximum Gasteiger partial charge on any atom is 0.315 e. The Morgan fingerprint density at radius 3 is 2.94 bits per heavy atom. The maximum absolute atomic E-state index is 11.5. The highest BCUT2D eigenvalue weighted by molar-refractivity contribution is 7.09. The average molecular weight is 271 g/mol. The third kappa shape index (κ3) is 5.46. The van der Waals surface area contributed by atoms with Gasteiger partial charge in [-0.15, -0.1) is 11.3 Å². The Labute approximate surface area is 112 Å². The molecule has 0 spiro atoms. The van der Waals surface area contributed by atoms with E-state index in [2.05, 4.69) is 22.5 Å². The van der Waals surface area contributed by atoms with Gasteiger partial charge in [0.15, 0.2) is 0 Å². The van der Waals surface area contributed by atoms with Crippen molar-refractivity contribution in [3.05, 3.63) is 16.1 Å². The summed E-state index contributed by atoms with van der Waals surface area (Å²) in [5.41, 5.74) is 0.899. The molecule has 0 radical (unpaired) electrons. The highest BCUT2D eigenvalue weighted by Gasteiger charge is 2.06. The molecule has 1 aromatic rings. The van der Waals surface area contributed by atoms with Crippen LogP contribution in [0.3, 0.4) is 0 Å². The molecule has 1 aromatic heterocycles. The molecular formula is C12H21N3O2S. The number of thiazole rings is 1. The van der Waals surface area contributed by atoms with Gasteiger partial charge in [0, 0.05) is 18.5 Å². The molecule has 0 aliphatic carbocycles. The van der Waals surface area contributed by atoms with Crippen molar-refractivity contribution in [1.82, 2.24) is 15.6 Å². The monoisotopic (exact) mass is 271 g/mol. The van der Waals surface area contributed by atoms with Gasteiger partial charge in [-0.1, -0.05) is 13.8 Å². The third-order valence-corrected chi connectivity index (χ3v) is 3.61. The van der Waals surface area contributed by atoms with E-state index in [0.717, 1.165) is 17.1 Å². The Hall–Kier alpha value is -1.14. The van der Waals surface area contributed by atoms with Crippen LogP contribution in [-0.4, -0.2) is 29.3 Å². The van der Waals surface area contributed by atoms with Gasteiger partial charge in [0.25, 0.3) is 0 Å². The van der Waals surface area contributed by atoms with Gasteiger partial charge in [0.2, 0.25) is 0 Å². The van der Waals surface area contributed by atoms with Gasteiger partial charge in [-0.25, -0.2) is 9.78 Å². The molecule has 0 bridgehead atoms. The zero-order chi connectivity index (χ0) is 13.4. The predicted molar refractivity (Wildman–Crippen MR) is 72.6 cm³/mol. The largest absolute Gasteiger partial charge is 0.396 e. The Morgan fingerprint density at radius 2 is 2.33 bits per heavy atom. The highest BCUT2D eigenvalue weighted by atomic mass is 32.1. The molecule has 1 unspecified atom stereocenters. The van der Waals surface area contributed by atoms with Crippen LogP contribution in [-0.2, 0) is 13.0 Å². The maximum atomic E-state index is 11.5. The normalized spacial score (nSPS) is 12.2. The number of aliphatic hydroxyl groups excluding tert-OH is 1. The number of urea groups is 1. The van der Waals surface area contributed by atoms with E-state index in [-0.39, 0.29) is 18.6 Å². The van der Waals surface area contributed by atoms with Crippen molar-refractivity contribution in [2.24, 2.45) is 5.92 Å². The number of aryl methyl sites for hydroxylation is 1. The predicted octanol–water partition coefficient (Wildman–Crippen LogP) is 1.52. The lowest BCUT2D eigenvalue weighted by atomic mass is 10.1. The summed E-state index contributed by atoms with van der Waals surface area (Å²) in [6.45, 7) is 5.24. The molecule has 6 heteroatoms. The minimum Gasteiger partial charge on any atom is -0.396 e. The summed E-state index contributed by atoms with van der Waals surface area (Å²) in [7, 11) is 0. The number of nitrogens with zero attached hydrogens (tertiary/aromatic N) is 1. The molecule has 18 heavy (non-hydrogen) atoms. The third-order valence-electron chi connectivity index (χ3n) is 2.56. The number of amides is 2. The van der Waals surface area contributed by atoms with Crippen LogP contribution in [0.1, 0.15) is 31.0 Å². The van der Waals surface area contributed by atoms with Gasteiger partial charge in [-0.05, 0) is 18.8 Å². The topological polar surface area (TPSA) is 74.2 Å². The van der Waals surface area contributed by atoms with E-state index in [9.17, 15) is 4.79 Å². The lowest BCUT2D eigenvalue weighted by Gasteiger charge is -2.11. The summed E-state index contributed by atoms with van der Waals surface area (Å²) >= 11 is 1.62. The number of carbonyl (C=O) groups is 1. The lowest BCUT2D eigenvalue weighted by Crippen LogP contribution is -2.37. The van der Waals surface area contributed by atoms with Crippen molar-refractivity contribution >= 4 is 17.4 Å². The Bertz CT molecular complexity index is 368. The van der Waals surface area contributed by atoms with Gasteiger partial charge in [-0.3, -0.25) is 0 Å². The molecule has 1 atom stereocenters. The summed E-state index contributed by atoms with van der Waals surface area (Å²) in [6, 6.07) is -0.189. The first kappa shape index (κ1) is 14.9. The van der Waals surface area contributed by atoms with Crippen molar-refractivity contribution in [3.63, 3.8) is 0 Å². The summed E-state index contributed by atoms with van der Waals surface area (Å²) in [5, 5.41) is 17.3. The van der Waals surface area contributed by atoms with Crippen LogP contribution in [0, 0.1) is 5.92 Å². The molecule has 3 N–H and O–H groups in total. The molecule has 5 nitrogen and oxygen atoms in total. The molecule has 0 saturated heterocycles. The molecule has 0 aliphatic rings. The quantitative estimate of drug-likeness (QED) is 0.704. The first-order chi connectivity index (χ1) is 8.65.